The van der Waals surface area contributed by atoms with E-state index in [2.05, 4.69) is 32.7 Å². The fraction of sp³-hybridized carbons (Fsp3) is 0.192. The molecular formula is C26H26N4O3. The minimum absolute atomic E-state index is 0.0410. The SMILES string of the molecule is O=C(Nc1ccc2c(c1)N(Cc1ccccc1)C(CCO)CO2)Nc1ccc2cc[nH]c2c1. The van der Waals surface area contributed by atoms with Gasteiger partial charge in [-0.05, 0) is 53.8 Å². The average Bonchev–Trinajstić information content (AvgIpc) is 3.29. The van der Waals surface area contributed by atoms with E-state index in [1.165, 1.54) is 5.56 Å². The molecule has 5 rings (SSSR count). The van der Waals surface area contributed by atoms with Gasteiger partial charge in [-0.25, -0.2) is 4.79 Å². The summed E-state index contributed by atoms with van der Waals surface area (Å²) in [4.78, 5) is 18.0. The highest BCUT2D eigenvalue weighted by Crippen LogP contribution is 2.38. The van der Waals surface area contributed by atoms with Crippen LogP contribution in [-0.2, 0) is 6.54 Å². The number of carbonyl (C=O) groups excluding carboxylic acids is 1. The Kier molecular flexibility index (Phi) is 5.87. The molecule has 0 spiro atoms. The number of anilines is 3. The number of hydrogen-bond donors (Lipinski definition) is 4. The number of aromatic amines is 1. The first-order valence-electron chi connectivity index (χ1n) is 11.0. The van der Waals surface area contributed by atoms with Crippen molar-refractivity contribution in [2.24, 2.45) is 0 Å². The summed E-state index contributed by atoms with van der Waals surface area (Å²) in [5.74, 6) is 0.767. The van der Waals surface area contributed by atoms with E-state index in [4.69, 9.17) is 4.74 Å². The largest absolute Gasteiger partial charge is 0.489 e. The van der Waals surface area contributed by atoms with E-state index in [1.807, 2.05) is 66.9 Å². The van der Waals surface area contributed by atoms with Crippen molar-refractivity contribution >= 4 is 34.0 Å². The third-order valence-corrected chi connectivity index (χ3v) is 5.87. The quantitative estimate of drug-likeness (QED) is 0.340. The number of fused-ring (bicyclic) bond motifs is 2. The number of hydrogen-bond acceptors (Lipinski definition) is 4. The predicted molar refractivity (Wildman–Crippen MR) is 131 cm³/mol. The van der Waals surface area contributed by atoms with E-state index < -0.39 is 0 Å². The van der Waals surface area contributed by atoms with Gasteiger partial charge in [0.25, 0.3) is 0 Å². The number of rotatable bonds is 6. The van der Waals surface area contributed by atoms with Gasteiger partial charge in [-0.3, -0.25) is 0 Å². The van der Waals surface area contributed by atoms with Gasteiger partial charge in [0.1, 0.15) is 12.4 Å². The number of amides is 2. The first-order chi connectivity index (χ1) is 16.2. The van der Waals surface area contributed by atoms with E-state index in [0.29, 0.717) is 30.9 Å². The second-order valence-corrected chi connectivity index (χ2v) is 8.13. The molecular weight excluding hydrogens is 416 g/mol. The number of aromatic nitrogens is 1. The second-order valence-electron chi connectivity index (χ2n) is 8.13. The van der Waals surface area contributed by atoms with Crippen molar-refractivity contribution in [3.63, 3.8) is 0 Å². The van der Waals surface area contributed by atoms with Crippen LogP contribution in [0.4, 0.5) is 21.9 Å². The fourth-order valence-corrected chi connectivity index (χ4v) is 4.22. The molecule has 168 valence electrons. The molecule has 0 radical (unpaired) electrons. The number of H-pyrrole nitrogens is 1. The highest BCUT2D eigenvalue weighted by Gasteiger charge is 2.28. The Morgan fingerprint density at radius 1 is 1.03 bits per heavy atom. The molecule has 2 heterocycles. The Hall–Kier alpha value is -3.97. The smallest absolute Gasteiger partial charge is 0.323 e. The average molecular weight is 443 g/mol. The number of aliphatic hydroxyl groups excluding tert-OH is 1. The van der Waals surface area contributed by atoms with Gasteiger partial charge in [0.2, 0.25) is 0 Å². The molecule has 0 aliphatic carbocycles. The van der Waals surface area contributed by atoms with Crippen molar-refractivity contribution in [1.82, 2.24) is 4.98 Å². The number of ether oxygens (including phenoxy) is 1. The fourth-order valence-electron chi connectivity index (χ4n) is 4.22. The maximum Gasteiger partial charge on any atom is 0.323 e. The maximum atomic E-state index is 12.7. The Bertz CT molecular complexity index is 1250. The van der Waals surface area contributed by atoms with Crippen LogP contribution >= 0.6 is 0 Å². The maximum absolute atomic E-state index is 12.7. The van der Waals surface area contributed by atoms with Gasteiger partial charge in [-0.2, -0.15) is 0 Å². The molecule has 1 atom stereocenters. The topological polar surface area (TPSA) is 89.6 Å². The number of nitrogens with one attached hydrogen (secondary N) is 3. The third kappa shape index (κ3) is 4.63. The number of aliphatic hydroxyl groups is 1. The molecule has 33 heavy (non-hydrogen) atoms. The highest BCUT2D eigenvalue weighted by molar-refractivity contribution is 6.01. The van der Waals surface area contributed by atoms with E-state index >= 15 is 0 Å². The zero-order valence-corrected chi connectivity index (χ0v) is 18.1. The van der Waals surface area contributed by atoms with Gasteiger partial charge in [0.15, 0.2) is 0 Å². The van der Waals surface area contributed by atoms with E-state index in [9.17, 15) is 9.90 Å². The minimum Gasteiger partial charge on any atom is -0.489 e. The summed E-state index contributed by atoms with van der Waals surface area (Å²) in [5.41, 5.74) is 4.40. The van der Waals surface area contributed by atoms with Gasteiger partial charge >= 0.3 is 6.03 Å². The molecule has 0 fully saturated rings. The summed E-state index contributed by atoms with van der Waals surface area (Å²) in [6.07, 6.45) is 2.47. The first-order valence-corrected chi connectivity index (χ1v) is 11.0. The summed E-state index contributed by atoms with van der Waals surface area (Å²) in [6, 6.07) is 23.3. The minimum atomic E-state index is -0.320. The molecule has 1 unspecified atom stereocenters. The van der Waals surface area contributed by atoms with Crippen molar-refractivity contribution in [2.45, 2.75) is 19.0 Å². The standard InChI is InChI=1S/C26H26N4O3/c31-13-11-22-17-33-25-9-8-21(15-24(25)30(22)16-18-4-2-1-3-5-18)29-26(32)28-20-7-6-19-10-12-27-23(19)14-20/h1-10,12,14-15,22,27,31H,11,13,16-17H2,(H2,28,29,32). The van der Waals surface area contributed by atoms with Crippen molar-refractivity contribution < 1.29 is 14.6 Å². The molecule has 4 aromatic rings. The second kappa shape index (κ2) is 9.26. The molecule has 2 amide bonds. The molecule has 0 saturated carbocycles. The van der Waals surface area contributed by atoms with Crippen LogP contribution in [0.2, 0.25) is 0 Å². The summed E-state index contributed by atoms with van der Waals surface area (Å²) < 4.78 is 5.96. The van der Waals surface area contributed by atoms with Gasteiger partial charge < -0.3 is 30.4 Å². The Morgan fingerprint density at radius 3 is 2.64 bits per heavy atom. The summed E-state index contributed by atoms with van der Waals surface area (Å²) in [6.45, 7) is 1.28. The molecule has 7 heteroatoms. The van der Waals surface area contributed by atoms with Gasteiger partial charge in [-0.15, -0.1) is 0 Å². The lowest BCUT2D eigenvalue weighted by atomic mass is 10.1. The number of nitrogens with zero attached hydrogens (tertiary/aromatic N) is 1. The monoisotopic (exact) mass is 442 g/mol. The number of benzene rings is 3. The molecule has 1 aromatic heterocycles. The molecule has 0 saturated heterocycles. The molecule has 4 N–H and O–H groups in total. The zero-order chi connectivity index (χ0) is 22.6. The van der Waals surface area contributed by atoms with Gasteiger partial charge in [-0.1, -0.05) is 36.4 Å². The summed E-state index contributed by atoms with van der Waals surface area (Å²) in [7, 11) is 0. The van der Waals surface area contributed by atoms with Crippen molar-refractivity contribution in [1.29, 1.82) is 0 Å². The normalized spacial score (nSPS) is 15.1. The zero-order valence-electron chi connectivity index (χ0n) is 18.1. The lowest BCUT2D eigenvalue weighted by Gasteiger charge is -2.39. The number of urea groups is 1. The summed E-state index contributed by atoms with van der Waals surface area (Å²) in [5, 5.41) is 16.5. The molecule has 1 aliphatic heterocycles. The van der Waals surface area contributed by atoms with Crippen LogP contribution in [0.25, 0.3) is 10.9 Å². The van der Waals surface area contributed by atoms with Crippen LogP contribution in [0.1, 0.15) is 12.0 Å². The first kappa shape index (κ1) is 20.9. The molecule has 7 nitrogen and oxygen atoms in total. The summed E-state index contributed by atoms with van der Waals surface area (Å²) >= 11 is 0. The van der Waals surface area contributed by atoms with E-state index in [1.54, 1.807) is 0 Å². The van der Waals surface area contributed by atoms with E-state index in [-0.39, 0.29) is 18.7 Å². The van der Waals surface area contributed by atoms with Crippen LogP contribution in [0.3, 0.4) is 0 Å². The third-order valence-electron chi connectivity index (χ3n) is 5.87. The Morgan fingerprint density at radius 2 is 1.82 bits per heavy atom. The predicted octanol–water partition coefficient (Wildman–Crippen LogP) is 4.96. The number of carbonyl (C=O) groups is 1. The highest BCUT2D eigenvalue weighted by atomic mass is 16.5. The molecule has 0 bridgehead atoms. The van der Waals surface area contributed by atoms with Crippen molar-refractivity contribution in [3.05, 3.63) is 84.6 Å². The van der Waals surface area contributed by atoms with E-state index in [0.717, 1.165) is 22.3 Å². The van der Waals surface area contributed by atoms with Crippen LogP contribution in [0, 0.1) is 0 Å². The van der Waals surface area contributed by atoms with Gasteiger partial charge in [0.05, 0.1) is 11.7 Å². The van der Waals surface area contributed by atoms with Crippen LogP contribution in [0.15, 0.2) is 79.0 Å². The van der Waals surface area contributed by atoms with Crippen LogP contribution in [0.5, 0.6) is 5.75 Å². The lowest BCUT2D eigenvalue weighted by Crippen LogP contribution is -2.43. The van der Waals surface area contributed by atoms with Gasteiger partial charge in [0, 0.05) is 36.2 Å². The Balaban J connectivity index is 1.35. The molecule has 1 aliphatic rings. The van der Waals surface area contributed by atoms with Crippen LogP contribution in [-0.4, -0.2) is 35.4 Å². The van der Waals surface area contributed by atoms with Crippen molar-refractivity contribution in [3.8, 4) is 5.75 Å². The van der Waals surface area contributed by atoms with Crippen molar-refractivity contribution in [2.75, 3.05) is 28.7 Å². The Labute approximate surface area is 192 Å². The van der Waals surface area contributed by atoms with Crippen LogP contribution < -0.4 is 20.3 Å². The molecule has 3 aromatic carbocycles. The lowest BCUT2D eigenvalue weighted by molar-refractivity contribution is 0.214.